The van der Waals surface area contributed by atoms with Crippen molar-refractivity contribution in [2.24, 2.45) is 0 Å². The molecule has 140 valence electrons. The third kappa shape index (κ3) is 5.28. The van der Waals surface area contributed by atoms with Gasteiger partial charge in [-0.25, -0.2) is 4.39 Å². The zero-order valence-electron chi connectivity index (χ0n) is 14.9. The molecule has 0 atom stereocenters. The Morgan fingerprint density at radius 3 is 2.63 bits per heavy atom. The number of ether oxygens (including phenoxy) is 2. The van der Waals surface area contributed by atoms with Crippen LogP contribution in [-0.4, -0.2) is 12.1 Å². The number of nitrogens with one attached hydrogen (secondary N) is 1. The lowest BCUT2D eigenvalue weighted by molar-refractivity contribution is 0.277. The smallest absolute Gasteiger partial charge is 0.175 e. The Kier molecular flexibility index (Phi) is 6.79. The summed E-state index contributed by atoms with van der Waals surface area (Å²) in [4.78, 5) is 4.10. The van der Waals surface area contributed by atoms with Crippen LogP contribution in [0.4, 0.5) is 4.39 Å². The highest BCUT2D eigenvalue weighted by atomic mass is 79.9. The molecule has 1 heterocycles. The number of halogens is 2. The van der Waals surface area contributed by atoms with Gasteiger partial charge in [-0.15, -0.1) is 0 Å². The van der Waals surface area contributed by atoms with Crippen LogP contribution in [0.2, 0.25) is 0 Å². The largest absolute Gasteiger partial charge is 0.493 e. The maximum atomic E-state index is 13.8. The van der Waals surface area contributed by atoms with Crippen LogP contribution in [0.1, 0.15) is 16.7 Å². The summed E-state index contributed by atoms with van der Waals surface area (Å²) in [6.45, 7) is 1.51. The molecular formula is C21H20BrFN2O2. The van der Waals surface area contributed by atoms with Crippen molar-refractivity contribution in [1.29, 1.82) is 0 Å². The Morgan fingerprint density at radius 2 is 1.89 bits per heavy atom. The third-order valence-electron chi connectivity index (χ3n) is 4.00. The predicted molar refractivity (Wildman–Crippen MR) is 106 cm³/mol. The molecule has 6 heteroatoms. The fraction of sp³-hybridized carbons (Fsp3) is 0.190. The van der Waals surface area contributed by atoms with E-state index in [1.54, 1.807) is 31.5 Å². The first-order valence-corrected chi connectivity index (χ1v) is 9.29. The maximum absolute atomic E-state index is 13.8. The molecule has 2 aromatic carbocycles. The number of methoxy groups -OCH3 is 1. The van der Waals surface area contributed by atoms with Crippen LogP contribution in [0.5, 0.6) is 11.5 Å². The van der Waals surface area contributed by atoms with Gasteiger partial charge in [0.05, 0.1) is 11.6 Å². The minimum atomic E-state index is -0.288. The van der Waals surface area contributed by atoms with Gasteiger partial charge in [0, 0.05) is 31.0 Å². The van der Waals surface area contributed by atoms with Crippen molar-refractivity contribution in [3.8, 4) is 11.5 Å². The van der Waals surface area contributed by atoms with E-state index in [1.807, 2.05) is 30.5 Å². The van der Waals surface area contributed by atoms with Crippen LogP contribution in [0.25, 0.3) is 0 Å². The molecule has 27 heavy (non-hydrogen) atoms. The summed E-state index contributed by atoms with van der Waals surface area (Å²) in [5.74, 6) is 0.861. The summed E-state index contributed by atoms with van der Waals surface area (Å²) in [7, 11) is 1.59. The molecule has 0 radical (unpaired) electrons. The van der Waals surface area contributed by atoms with E-state index < -0.39 is 0 Å². The molecule has 0 aliphatic carbocycles. The molecule has 0 aliphatic heterocycles. The zero-order valence-corrected chi connectivity index (χ0v) is 16.5. The molecule has 3 rings (SSSR count). The summed E-state index contributed by atoms with van der Waals surface area (Å²) < 4.78 is 25.8. The van der Waals surface area contributed by atoms with Gasteiger partial charge in [-0.3, -0.25) is 4.98 Å². The average molecular weight is 431 g/mol. The van der Waals surface area contributed by atoms with E-state index in [0.29, 0.717) is 23.6 Å². The van der Waals surface area contributed by atoms with Crippen LogP contribution in [0, 0.1) is 5.82 Å². The molecule has 1 aromatic heterocycles. The molecule has 0 saturated carbocycles. The first-order valence-electron chi connectivity index (χ1n) is 8.49. The molecular weight excluding hydrogens is 411 g/mol. The Hall–Kier alpha value is -2.44. The van der Waals surface area contributed by atoms with Crippen LogP contribution in [0.15, 0.2) is 65.4 Å². The van der Waals surface area contributed by atoms with Crippen LogP contribution < -0.4 is 14.8 Å². The van der Waals surface area contributed by atoms with Gasteiger partial charge in [0.25, 0.3) is 0 Å². The monoisotopic (exact) mass is 430 g/mol. The first-order chi connectivity index (χ1) is 13.2. The molecule has 0 fully saturated rings. The quantitative estimate of drug-likeness (QED) is 0.553. The highest BCUT2D eigenvalue weighted by Crippen LogP contribution is 2.37. The van der Waals surface area contributed by atoms with Crippen molar-refractivity contribution in [3.05, 3.63) is 87.9 Å². The van der Waals surface area contributed by atoms with E-state index in [2.05, 4.69) is 26.2 Å². The van der Waals surface area contributed by atoms with Crippen molar-refractivity contribution in [2.75, 3.05) is 7.11 Å². The van der Waals surface area contributed by atoms with E-state index in [1.165, 1.54) is 6.07 Å². The molecule has 0 saturated heterocycles. The van der Waals surface area contributed by atoms with Gasteiger partial charge >= 0.3 is 0 Å². The van der Waals surface area contributed by atoms with Crippen LogP contribution in [-0.2, 0) is 19.7 Å². The van der Waals surface area contributed by atoms with Crippen LogP contribution >= 0.6 is 15.9 Å². The van der Waals surface area contributed by atoms with E-state index >= 15 is 0 Å². The lowest BCUT2D eigenvalue weighted by Gasteiger charge is -2.15. The zero-order chi connectivity index (χ0) is 19.1. The van der Waals surface area contributed by atoms with Crippen molar-refractivity contribution in [3.63, 3.8) is 0 Å². The molecule has 0 unspecified atom stereocenters. The molecule has 0 aliphatic rings. The minimum Gasteiger partial charge on any atom is -0.493 e. The standard InChI is InChI=1S/C21H20BrFN2O2/c1-26-20-10-16(13-25-12-15-5-4-8-24-11-15)9-18(22)21(20)27-14-17-6-2-3-7-19(17)23/h2-11,25H,12-14H2,1H3. The second kappa shape index (κ2) is 9.48. The first kappa shape index (κ1) is 19.3. The van der Waals surface area contributed by atoms with Crippen molar-refractivity contribution >= 4 is 15.9 Å². The lowest BCUT2D eigenvalue weighted by Crippen LogP contribution is -2.13. The molecule has 0 amide bonds. The van der Waals surface area contributed by atoms with Crippen molar-refractivity contribution in [1.82, 2.24) is 10.3 Å². The van der Waals surface area contributed by atoms with Gasteiger partial charge in [0.15, 0.2) is 11.5 Å². The summed E-state index contributed by atoms with van der Waals surface area (Å²) in [5.41, 5.74) is 2.66. The van der Waals surface area contributed by atoms with Gasteiger partial charge in [-0.2, -0.15) is 0 Å². The molecule has 1 N–H and O–H groups in total. The fourth-order valence-corrected chi connectivity index (χ4v) is 3.24. The fourth-order valence-electron chi connectivity index (χ4n) is 2.63. The molecule has 3 aromatic rings. The third-order valence-corrected chi connectivity index (χ3v) is 4.59. The van der Waals surface area contributed by atoms with E-state index in [0.717, 1.165) is 22.1 Å². The maximum Gasteiger partial charge on any atom is 0.175 e. The van der Waals surface area contributed by atoms with Gasteiger partial charge < -0.3 is 14.8 Å². The van der Waals surface area contributed by atoms with Crippen LogP contribution in [0.3, 0.4) is 0 Å². The van der Waals surface area contributed by atoms with Crippen molar-refractivity contribution in [2.45, 2.75) is 19.7 Å². The number of benzene rings is 2. The summed E-state index contributed by atoms with van der Waals surface area (Å²) in [6.07, 6.45) is 3.59. The average Bonchev–Trinajstić information content (AvgIpc) is 2.69. The van der Waals surface area contributed by atoms with Crippen molar-refractivity contribution < 1.29 is 13.9 Å². The lowest BCUT2D eigenvalue weighted by atomic mass is 10.2. The second-order valence-corrected chi connectivity index (χ2v) is 6.81. The summed E-state index contributed by atoms with van der Waals surface area (Å²) in [6, 6.07) is 14.4. The number of aromatic nitrogens is 1. The summed E-state index contributed by atoms with van der Waals surface area (Å²) in [5, 5.41) is 3.37. The topological polar surface area (TPSA) is 43.4 Å². The SMILES string of the molecule is COc1cc(CNCc2cccnc2)cc(Br)c1OCc1ccccc1F. The Bertz CT molecular complexity index is 891. The number of nitrogens with zero attached hydrogens (tertiary/aromatic N) is 1. The minimum absolute atomic E-state index is 0.125. The molecule has 0 spiro atoms. The highest BCUT2D eigenvalue weighted by molar-refractivity contribution is 9.10. The number of hydrogen-bond acceptors (Lipinski definition) is 4. The molecule has 0 bridgehead atoms. The van der Waals surface area contributed by atoms with Gasteiger partial charge in [-0.05, 0) is 51.3 Å². The second-order valence-electron chi connectivity index (χ2n) is 5.95. The summed E-state index contributed by atoms with van der Waals surface area (Å²) >= 11 is 3.53. The molecule has 4 nitrogen and oxygen atoms in total. The van der Waals surface area contributed by atoms with E-state index in [4.69, 9.17) is 9.47 Å². The Balaban J connectivity index is 1.66. The highest BCUT2D eigenvalue weighted by Gasteiger charge is 2.13. The van der Waals surface area contributed by atoms with Gasteiger partial charge in [-0.1, -0.05) is 24.3 Å². The Morgan fingerprint density at radius 1 is 1.07 bits per heavy atom. The Labute approximate surface area is 166 Å². The van der Waals surface area contributed by atoms with Gasteiger partial charge in [0.2, 0.25) is 0 Å². The number of pyridine rings is 1. The number of hydrogen-bond donors (Lipinski definition) is 1. The number of rotatable bonds is 8. The van der Waals surface area contributed by atoms with Gasteiger partial charge in [0.1, 0.15) is 12.4 Å². The van der Waals surface area contributed by atoms with E-state index in [-0.39, 0.29) is 12.4 Å². The van der Waals surface area contributed by atoms with E-state index in [9.17, 15) is 4.39 Å². The predicted octanol–water partition coefficient (Wildman–Crippen LogP) is 4.86. The normalized spacial score (nSPS) is 10.6.